The molecule has 3 aromatic rings. The lowest BCUT2D eigenvalue weighted by Gasteiger charge is -2.17. The molecule has 1 N–H and O–H groups in total. The molecule has 1 heterocycles. The molecular weight excluding hydrogens is 414 g/mol. The van der Waals surface area contributed by atoms with Crippen LogP contribution >= 0.6 is 11.6 Å². The van der Waals surface area contributed by atoms with Gasteiger partial charge in [0.05, 0.1) is 23.1 Å². The summed E-state index contributed by atoms with van der Waals surface area (Å²) in [5.74, 6) is 0.537. The molecule has 0 aliphatic heterocycles. The first-order valence-corrected chi connectivity index (χ1v) is 10.6. The molecule has 162 valence electrons. The molecule has 0 saturated carbocycles. The van der Waals surface area contributed by atoms with Gasteiger partial charge in [-0.1, -0.05) is 43.6 Å². The summed E-state index contributed by atoms with van der Waals surface area (Å²) in [6, 6.07) is 16.3. The summed E-state index contributed by atoms with van der Waals surface area (Å²) in [5, 5.41) is 10.2. The van der Waals surface area contributed by atoms with Gasteiger partial charge >= 0.3 is 5.97 Å². The molecule has 0 spiro atoms. The highest BCUT2D eigenvalue weighted by Gasteiger charge is 2.17. The zero-order valence-electron chi connectivity index (χ0n) is 18.1. The number of benzene rings is 2. The Morgan fingerprint density at radius 3 is 2.45 bits per heavy atom. The normalized spacial score (nSPS) is 11.1. The van der Waals surface area contributed by atoms with Crippen molar-refractivity contribution >= 4 is 17.6 Å². The predicted octanol–water partition coefficient (Wildman–Crippen LogP) is 6.59. The van der Waals surface area contributed by atoms with E-state index in [9.17, 15) is 9.90 Å². The molecule has 1 aromatic heterocycles. The van der Waals surface area contributed by atoms with Gasteiger partial charge in [-0.3, -0.25) is 0 Å². The van der Waals surface area contributed by atoms with Gasteiger partial charge in [-0.15, -0.1) is 0 Å². The van der Waals surface area contributed by atoms with Crippen molar-refractivity contribution in [3.63, 3.8) is 0 Å². The Morgan fingerprint density at radius 2 is 1.77 bits per heavy atom. The van der Waals surface area contributed by atoms with Crippen LogP contribution in [0, 0.1) is 0 Å². The van der Waals surface area contributed by atoms with Crippen molar-refractivity contribution < 1.29 is 19.4 Å². The fourth-order valence-electron chi connectivity index (χ4n) is 3.25. The summed E-state index contributed by atoms with van der Waals surface area (Å²) < 4.78 is 11.9. The average Bonchev–Trinajstić information content (AvgIpc) is 2.71. The van der Waals surface area contributed by atoms with Crippen LogP contribution in [0.3, 0.4) is 0 Å². The number of aromatic carboxylic acids is 1. The Hall–Kier alpha value is -3.05. The largest absolute Gasteiger partial charge is 0.490 e. The van der Waals surface area contributed by atoms with Crippen LogP contribution in [-0.4, -0.2) is 22.2 Å². The molecule has 6 heteroatoms. The number of nitrogens with zero attached hydrogens (tertiary/aromatic N) is 1. The van der Waals surface area contributed by atoms with E-state index in [4.69, 9.17) is 21.1 Å². The van der Waals surface area contributed by atoms with Gasteiger partial charge in [-0.05, 0) is 61.7 Å². The van der Waals surface area contributed by atoms with Gasteiger partial charge in [0.25, 0.3) is 0 Å². The van der Waals surface area contributed by atoms with Crippen molar-refractivity contribution in [2.24, 2.45) is 0 Å². The molecule has 0 atom stereocenters. The van der Waals surface area contributed by atoms with Gasteiger partial charge in [0.15, 0.2) is 0 Å². The molecule has 3 rings (SSSR count). The molecule has 0 amide bonds. The molecule has 0 saturated heterocycles. The number of ether oxygens (including phenoxy) is 2. The third-order valence-corrected chi connectivity index (χ3v) is 4.93. The third-order valence-electron chi connectivity index (χ3n) is 4.69. The number of para-hydroxylation sites is 1. The Kier molecular flexibility index (Phi) is 7.18. The number of carboxylic acid groups (broad SMARTS) is 1. The molecule has 2 aromatic carbocycles. The minimum Gasteiger partial charge on any atom is -0.490 e. The highest BCUT2D eigenvalue weighted by Crippen LogP contribution is 2.33. The predicted molar refractivity (Wildman–Crippen MR) is 122 cm³/mol. The van der Waals surface area contributed by atoms with Crippen LogP contribution < -0.4 is 9.47 Å². The van der Waals surface area contributed by atoms with E-state index >= 15 is 0 Å². The van der Waals surface area contributed by atoms with E-state index in [-0.39, 0.29) is 24.2 Å². The molecule has 0 aliphatic carbocycles. The number of rotatable bonds is 8. The topological polar surface area (TPSA) is 68.7 Å². The van der Waals surface area contributed by atoms with Crippen molar-refractivity contribution in [3.8, 4) is 22.8 Å². The summed E-state index contributed by atoms with van der Waals surface area (Å²) in [6.07, 6.45) is -0.0501. The Morgan fingerprint density at radius 1 is 1.03 bits per heavy atom. The van der Waals surface area contributed by atoms with Crippen molar-refractivity contribution in [1.82, 2.24) is 4.98 Å². The Bertz CT molecular complexity index is 1080. The van der Waals surface area contributed by atoms with E-state index in [0.29, 0.717) is 22.2 Å². The summed E-state index contributed by atoms with van der Waals surface area (Å²) >= 11 is 6.15. The highest BCUT2D eigenvalue weighted by atomic mass is 35.5. The highest BCUT2D eigenvalue weighted by molar-refractivity contribution is 6.30. The first-order valence-electron chi connectivity index (χ1n) is 10.2. The number of hydrogen-bond acceptors (Lipinski definition) is 4. The molecule has 0 fully saturated rings. The maximum atomic E-state index is 11.8. The SMILES string of the molecule is CC(C)Oc1cc(Cl)ccc1-c1ccc(C(=O)O)c(COc2ccccc2C(C)C)n1. The van der Waals surface area contributed by atoms with Crippen molar-refractivity contribution in [2.75, 3.05) is 0 Å². The lowest BCUT2D eigenvalue weighted by molar-refractivity contribution is 0.0693. The van der Waals surface area contributed by atoms with E-state index in [1.807, 2.05) is 44.2 Å². The van der Waals surface area contributed by atoms with Crippen LogP contribution in [0.2, 0.25) is 5.02 Å². The van der Waals surface area contributed by atoms with Crippen LogP contribution in [0.25, 0.3) is 11.3 Å². The monoisotopic (exact) mass is 439 g/mol. The minimum absolute atomic E-state index is 0.0349. The Balaban J connectivity index is 1.99. The molecule has 0 bridgehead atoms. The quantitative estimate of drug-likeness (QED) is 0.428. The Labute approximate surface area is 187 Å². The smallest absolute Gasteiger partial charge is 0.337 e. The minimum atomic E-state index is -1.05. The fourth-order valence-corrected chi connectivity index (χ4v) is 3.41. The average molecular weight is 440 g/mol. The zero-order valence-corrected chi connectivity index (χ0v) is 18.8. The van der Waals surface area contributed by atoms with Gasteiger partial charge < -0.3 is 14.6 Å². The maximum Gasteiger partial charge on any atom is 0.337 e. The lowest BCUT2D eigenvalue weighted by atomic mass is 10.0. The second kappa shape index (κ2) is 9.84. The molecule has 31 heavy (non-hydrogen) atoms. The van der Waals surface area contributed by atoms with Crippen molar-refractivity contribution in [2.45, 2.75) is 46.3 Å². The molecular formula is C25H26ClNO4. The van der Waals surface area contributed by atoms with E-state index in [2.05, 4.69) is 18.8 Å². The van der Waals surface area contributed by atoms with E-state index in [1.54, 1.807) is 24.3 Å². The van der Waals surface area contributed by atoms with Gasteiger partial charge in [0.2, 0.25) is 0 Å². The van der Waals surface area contributed by atoms with Crippen LogP contribution in [-0.2, 0) is 6.61 Å². The first kappa shape index (κ1) is 22.6. The number of halogens is 1. The van der Waals surface area contributed by atoms with E-state index < -0.39 is 5.97 Å². The van der Waals surface area contributed by atoms with Gasteiger partial charge in [0.1, 0.15) is 18.1 Å². The number of carboxylic acids is 1. The van der Waals surface area contributed by atoms with Crippen LogP contribution in [0.4, 0.5) is 0 Å². The van der Waals surface area contributed by atoms with Crippen LogP contribution in [0.15, 0.2) is 54.6 Å². The molecule has 0 aliphatic rings. The maximum absolute atomic E-state index is 11.8. The van der Waals surface area contributed by atoms with Gasteiger partial charge in [-0.25, -0.2) is 9.78 Å². The lowest BCUT2D eigenvalue weighted by Crippen LogP contribution is -2.10. The second-order valence-corrected chi connectivity index (χ2v) is 8.22. The standard InChI is InChI=1S/C25H26ClNO4/c1-15(2)18-7-5-6-8-23(18)30-14-22-20(25(28)29)11-12-21(27-22)19-10-9-17(26)13-24(19)31-16(3)4/h5-13,15-16H,14H2,1-4H3,(H,28,29). The second-order valence-electron chi connectivity index (χ2n) is 7.78. The summed E-state index contributed by atoms with van der Waals surface area (Å²) in [4.78, 5) is 16.4. The third kappa shape index (κ3) is 5.56. The molecule has 0 radical (unpaired) electrons. The number of carbonyl (C=O) groups is 1. The summed E-state index contributed by atoms with van der Waals surface area (Å²) in [7, 11) is 0. The van der Waals surface area contributed by atoms with Crippen molar-refractivity contribution in [1.29, 1.82) is 0 Å². The fraction of sp³-hybridized carbons (Fsp3) is 0.280. The van der Waals surface area contributed by atoms with Gasteiger partial charge in [0, 0.05) is 10.6 Å². The zero-order chi connectivity index (χ0) is 22.5. The van der Waals surface area contributed by atoms with E-state index in [1.165, 1.54) is 0 Å². The summed E-state index contributed by atoms with van der Waals surface area (Å²) in [5.41, 5.74) is 2.83. The van der Waals surface area contributed by atoms with Gasteiger partial charge in [-0.2, -0.15) is 0 Å². The van der Waals surface area contributed by atoms with Crippen LogP contribution in [0.1, 0.15) is 55.2 Å². The number of pyridine rings is 1. The summed E-state index contributed by atoms with van der Waals surface area (Å²) in [6.45, 7) is 8.06. The number of aromatic nitrogens is 1. The molecule has 5 nitrogen and oxygen atoms in total. The number of hydrogen-bond donors (Lipinski definition) is 1. The first-order chi connectivity index (χ1) is 14.8. The molecule has 0 unspecified atom stereocenters. The van der Waals surface area contributed by atoms with E-state index in [0.717, 1.165) is 16.9 Å². The van der Waals surface area contributed by atoms with Crippen molar-refractivity contribution in [3.05, 3.63) is 76.4 Å². The van der Waals surface area contributed by atoms with Crippen LogP contribution in [0.5, 0.6) is 11.5 Å².